The molecular weight excluding hydrogens is 307 g/mol. The van der Waals surface area contributed by atoms with Crippen molar-refractivity contribution in [1.82, 2.24) is 10.6 Å². The fraction of sp³-hybridized carbons (Fsp3) is 0.462. The van der Waals surface area contributed by atoms with Crippen LogP contribution in [0.2, 0.25) is 10.0 Å². The predicted octanol–water partition coefficient (Wildman–Crippen LogP) is 3.07. The molecule has 0 aliphatic carbocycles. The minimum atomic E-state index is 0. The summed E-state index contributed by atoms with van der Waals surface area (Å²) < 4.78 is 0. The topological polar surface area (TPSA) is 41.1 Å². The highest BCUT2D eigenvalue weighted by Crippen LogP contribution is 2.25. The zero-order chi connectivity index (χ0) is 13.4. The normalized spacial score (nSPS) is 9.84. The third kappa shape index (κ3) is 7.02. The number of amides is 1. The Kier molecular flexibility index (Phi) is 10.1. The van der Waals surface area contributed by atoms with E-state index in [2.05, 4.69) is 10.6 Å². The van der Waals surface area contributed by atoms with Crippen LogP contribution in [0.25, 0.3) is 0 Å². The minimum absolute atomic E-state index is 0. The molecular formula is C13H19Cl3N2O. The third-order valence-electron chi connectivity index (χ3n) is 2.58. The van der Waals surface area contributed by atoms with E-state index in [1.807, 2.05) is 19.2 Å². The van der Waals surface area contributed by atoms with Gasteiger partial charge in [0.05, 0.1) is 10.0 Å². The van der Waals surface area contributed by atoms with Gasteiger partial charge in [-0.1, -0.05) is 35.3 Å². The van der Waals surface area contributed by atoms with Gasteiger partial charge < -0.3 is 10.6 Å². The molecule has 0 aliphatic heterocycles. The Labute approximate surface area is 130 Å². The van der Waals surface area contributed by atoms with Crippen molar-refractivity contribution in [3.63, 3.8) is 0 Å². The highest BCUT2D eigenvalue weighted by Gasteiger charge is 2.05. The summed E-state index contributed by atoms with van der Waals surface area (Å²) in [6.45, 7) is 1.44. The van der Waals surface area contributed by atoms with Crippen LogP contribution < -0.4 is 10.6 Å². The summed E-state index contributed by atoms with van der Waals surface area (Å²) in [5.41, 5.74) is 0.958. The number of nitrogens with one attached hydrogen (secondary N) is 2. The van der Waals surface area contributed by atoms with Gasteiger partial charge in [-0.3, -0.25) is 4.79 Å². The van der Waals surface area contributed by atoms with Crippen molar-refractivity contribution in [1.29, 1.82) is 0 Å². The average Bonchev–Trinajstić information content (AvgIpc) is 2.35. The number of hydrogen-bond donors (Lipinski definition) is 2. The SMILES string of the molecule is CNCCCC(=O)NCCc1cccc(Cl)c1Cl.Cl. The standard InChI is InChI=1S/C13H18Cl2N2O.ClH/c1-16-8-3-6-12(18)17-9-7-10-4-2-5-11(14)13(10)15;/h2,4-5,16H,3,6-9H2,1H3,(H,17,18);1H. The number of halogens is 3. The molecule has 6 heteroatoms. The lowest BCUT2D eigenvalue weighted by Gasteiger charge is -2.07. The summed E-state index contributed by atoms with van der Waals surface area (Å²) in [5.74, 6) is 0.0726. The van der Waals surface area contributed by atoms with Gasteiger partial charge in [-0.2, -0.15) is 0 Å². The van der Waals surface area contributed by atoms with Gasteiger partial charge in [0.2, 0.25) is 5.91 Å². The van der Waals surface area contributed by atoms with E-state index in [-0.39, 0.29) is 18.3 Å². The largest absolute Gasteiger partial charge is 0.356 e. The predicted molar refractivity (Wildman–Crippen MR) is 83.6 cm³/mol. The van der Waals surface area contributed by atoms with Crippen molar-refractivity contribution in [3.8, 4) is 0 Å². The lowest BCUT2D eigenvalue weighted by atomic mass is 10.1. The molecule has 108 valence electrons. The molecule has 19 heavy (non-hydrogen) atoms. The molecule has 0 fully saturated rings. The van der Waals surface area contributed by atoms with Gasteiger partial charge in [-0.05, 0) is 38.1 Å². The quantitative estimate of drug-likeness (QED) is 0.757. The lowest BCUT2D eigenvalue weighted by molar-refractivity contribution is -0.121. The van der Waals surface area contributed by atoms with E-state index in [1.54, 1.807) is 6.07 Å². The maximum Gasteiger partial charge on any atom is 0.220 e. The van der Waals surface area contributed by atoms with E-state index in [4.69, 9.17) is 23.2 Å². The second kappa shape index (κ2) is 10.3. The smallest absolute Gasteiger partial charge is 0.220 e. The lowest BCUT2D eigenvalue weighted by Crippen LogP contribution is -2.26. The van der Waals surface area contributed by atoms with Gasteiger partial charge in [0, 0.05) is 13.0 Å². The van der Waals surface area contributed by atoms with E-state index in [0.717, 1.165) is 18.5 Å². The molecule has 2 N–H and O–H groups in total. The maximum atomic E-state index is 11.5. The molecule has 0 atom stereocenters. The Morgan fingerprint density at radius 2 is 2.00 bits per heavy atom. The Bertz CT molecular complexity index is 399. The molecule has 0 saturated carbocycles. The second-order valence-corrected chi connectivity index (χ2v) is 4.81. The highest BCUT2D eigenvalue weighted by atomic mass is 35.5. The van der Waals surface area contributed by atoms with Crippen LogP contribution in [0.3, 0.4) is 0 Å². The van der Waals surface area contributed by atoms with Crippen LogP contribution in [-0.4, -0.2) is 26.0 Å². The Hall–Kier alpha value is -0.480. The van der Waals surface area contributed by atoms with Gasteiger partial charge in [0.15, 0.2) is 0 Å². The van der Waals surface area contributed by atoms with Crippen LogP contribution in [0.15, 0.2) is 18.2 Å². The summed E-state index contributed by atoms with van der Waals surface area (Å²) in [6, 6.07) is 5.53. The molecule has 0 saturated heterocycles. The van der Waals surface area contributed by atoms with Gasteiger partial charge >= 0.3 is 0 Å². The van der Waals surface area contributed by atoms with E-state index in [1.165, 1.54) is 0 Å². The third-order valence-corrected chi connectivity index (χ3v) is 3.44. The molecule has 3 nitrogen and oxygen atoms in total. The van der Waals surface area contributed by atoms with Gasteiger partial charge in [0.1, 0.15) is 0 Å². The Morgan fingerprint density at radius 1 is 1.26 bits per heavy atom. The van der Waals surface area contributed by atoms with E-state index >= 15 is 0 Å². The summed E-state index contributed by atoms with van der Waals surface area (Å²) >= 11 is 12.0. The zero-order valence-corrected chi connectivity index (χ0v) is 13.2. The summed E-state index contributed by atoms with van der Waals surface area (Å²) in [6.07, 6.45) is 2.08. The second-order valence-electron chi connectivity index (χ2n) is 4.02. The fourth-order valence-electron chi connectivity index (χ4n) is 1.59. The van der Waals surface area contributed by atoms with E-state index in [9.17, 15) is 4.79 Å². The van der Waals surface area contributed by atoms with Crippen molar-refractivity contribution in [2.75, 3.05) is 20.1 Å². The number of carbonyl (C=O) groups excluding carboxylic acids is 1. The van der Waals surface area contributed by atoms with Crippen LogP contribution in [0.1, 0.15) is 18.4 Å². The van der Waals surface area contributed by atoms with Crippen LogP contribution in [0.4, 0.5) is 0 Å². The molecule has 1 aromatic carbocycles. The van der Waals surface area contributed by atoms with Crippen molar-refractivity contribution in [3.05, 3.63) is 33.8 Å². The van der Waals surface area contributed by atoms with Crippen LogP contribution in [0.5, 0.6) is 0 Å². The Balaban J connectivity index is 0.00000324. The maximum absolute atomic E-state index is 11.5. The van der Waals surface area contributed by atoms with E-state index < -0.39 is 0 Å². The zero-order valence-electron chi connectivity index (χ0n) is 10.8. The fourth-order valence-corrected chi connectivity index (χ4v) is 2.01. The monoisotopic (exact) mass is 324 g/mol. The first-order chi connectivity index (χ1) is 8.65. The first-order valence-electron chi connectivity index (χ1n) is 5.99. The van der Waals surface area contributed by atoms with E-state index in [0.29, 0.717) is 29.4 Å². The molecule has 0 radical (unpaired) electrons. The van der Waals surface area contributed by atoms with Crippen molar-refractivity contribution >= 4 is 41.5 Å². The molecule has 0 spiro atoms. The molecule has 0 bridgehead atoms. The summed E-state index contributed by atoms with van der Waals surface area (Å²) in [7, 11) is 1.87. The molecule has 1 rings (SSSR count). The van der Waals surface area contributed by atoms with Crippen molar-refractivity contribution < 1.29 is 4.79 Å². The Morgan fingerprint density at radius 3 is 2.68 bits per heavy atom. The molecule has 0 aromatic heterocycles. The molecule has 1 amide bonds. The van der Waals surface area contributed by atoms with Crippen molar-refractivity contribution in [2.45, 2.75) is 19.3 Å². The summed E-state index contributed by atoms with van der Waals surface area (Å²) in [4.78, 5) is 11.5. The average molecular weight is 326 g/mol. The number of hydrogen-bond acceptors (Lipinski definition) is 2. The van der Waals surface area contributed by atoms with Crippen LogP contribution in [0, 0.1) is 0 Å². The van der Waals surface area contributed by atoms with Crippen LogP contribution >= 0.6 is 35.6 Å². The molecule has 0 heterocycles. The number of rotatable bonds is 7. The first kappa shape index (κ1) is 18.5. The molecule has 0 unspecified atom stereocenters. The van der Waals surface area contributed by atoms with Gasteiger partial charge in [-0.15, -0.1) is 12.4 Å². The van der Waals surface area contributed by atoms with Gasteiger partial charge in [-0.25, -0.2) is 0 Å². The van der Waals surface area contributed by atoms with Gasteiger partial charge in [0.25, 0.3) is 0 Å². The van der Waals surface area contributed by atoms with Crippen molar-refractivity contribution in [2.24, 2.45) is 0 Å². The number of carbonyl (C=O) groups is 1. The molecule has 0 aliphatic rings. The summed E-state index contributed by atoms with van der Waals surface area (Å²) in [5, 5.41) is 7.00. The number of benzene rings is 1. The molecule has 1 aromatic rings. The van der Waals surface area contributed by atoms with Crippen LogP contribution in [-0.2, 0) is 11.2 Å². The highest BCUT2D eigenvalue weighted by molar-refractivity contribution is 6.42. The minimum Gasteiger partial charge on any atom is -0.356 e. The first-order valence-corrected chi connectivity index (χ1v) is 6.75.